The van der Waals surface area contributed by atoms with Crippen LogP contribution in [0, 0.1) is 0 Å². The lowest BCUT2D eigenvalue weighted by Crippen LogP contribution is -2.43. The van der Waals surface area contributed by atoms with Crippen LogP contribution in [0.2, 0.25) is 5.02 Å². The standard InChI is InChI=1S/C25H28ClN3O3/c1-4-32-21-7-5-6-20(16-21)29-24(30)22(17-8-10-18(26)11-9-17)23(25(29)31)28(3)19-12-14-27(2)15-13-19/h5-11,16,19H,4,12-15H2,1-3H3. The predicted molar refractivity (Wildman–Crippen MR) is 127 cm³/mol. The van der Waals surface area contributed by atoms with Gasteiger partial charge in [-0.25, -0.2) is 4.90 Å². The number of carbonyl (C=O) groups excluding carboxylic acids is 2. The second kappa shape index (κ2) is 9.35. The highest BCUT2D eigenvalue weighted by atomic mass is 35.5. The van der Waals surface area contributed by atoms with Gasteiger partial charge in [0.25, 0.3) is 11.8 Å². The minimum absolute atomic E-state index is 0.190. The average molecular weight is 454 g/mol. The van der Waals surface area contributed by atoms with Gasteiger partial charge in [0, 0.05) is 24.2 Å². The van der Waals surface area contributed by atoms with Crippen molar-refractivity contribution in [2.45, 2.75) is 25.8 Å². The van der Waals surface area contributed by atoms with Crippen molar-refractivity contribution < 1.29 is 14.3 Å². The third-order valence-electron chi connectivity index (χ3n) is 6.17. The van der Waals surface area contributed by atoms with Crippen LogP contribution >= 0.6 is 11.6 Å². The first-order valence-corrected chi connectivity index (χ1v) is 11.3. The summed E-state index contributed by atoms with van der Waals surface area (Å²) in [6.07, 6.45) is 1.87. The molecule has 0 bridgehead atoms. The second-order valence-corrected chi connectivity index (χ2v) is 8.69. The van der Waals surface area contributed by atoms with Crippen molar-refractivity contribution in [3.63, 3.8) is 0 Å². The second-order valence-electron chi connectivity index (χ2n) is 8.25. The molecular formula is C25H28ClN3O3. The first kappa shape index (κ1) is 22.4. The van der Waals surface area contributed by atoms with Gasteiger partial charge in [0.2, 0.25) is 0 Å². The van der Waals surface area contributed by atoms with Crippen LogP contribution < -0.4 is 9.64 Å². The molecule has 2 heterocycles. The van der Waals surface area contributed by atoms with E-state index >= 15 is 0 Å². The van der Waals surface area contributed by atoms with Gasteiger partial charge in [-0.05, 0) is 69.7 Å². The number of anilines is 1. The fraction of sp³-hybridized carbons (Fsp3) is 0.360. The fourth-order valence-corrected chi connectivity index (χ4v) is 4.53. The molecule has 1 saturated heterocycles. The number of likely N-dealkylation sites (tertiary alicyclic amines) is 1. The van der Waals surface area contributed by atoms with E-state index in [1.807, 2.05) is 24.9 Å². The molecule has 1 fully saturated rings. The molecule has 7 heteroatoms. The van der Waals surface area contributed by atoms with Gasteiger partial charge in [-0.1, -0.05) is 29.8 Å². The molecular weight excluding hydrogens is 426 g/mol. The highest BCUT2D eigenvalue weighted by Crippen LogP contribution is 2.37. The van der Waals surface area contributed by atoms with E-state index in [1.54, 1.807) is 42.5 Å². The van der Waals surface area contributed by atoms with E-state index in [0.717, 1.165) is 25.9 Å². The summed E-state index contributed by atoms with van der Waals surface area (Å²) >= 11 is 6.08. The van der Waals surface area contributed by atoms with Crippen LogP contribution in [-0.2, 0) is 9.59 Å². The Kier molecular flexibility index (Phi) is 6.53. The Labute approximate surface area is 194 Å². The zero-order valence-corrected chi connectivity index (χ0v) is 19.4. The molecule has 168 valence electrons. The maximum absolute atomic E-state index is 13.7. The number of piperidine rings is 1. The van der Waals surface area contributed by atoms with Crippen molar-refractivity contribution >= 4 is 34.7 Å². The molecule has 0 atom stereocenters. The molecule has 0 aromatic heterocycles. The van der Waals surface area contributed by atoms with Gasteiger partial charge >= 0.3 is 0 Å². The molecule has 2 aliphatic rings. The smallest absolute Gasteiger partial charge is 0.282 e. The summed E-state index contributed by atoms with van der Waals surface area (Å²) in [5, 5.41) is 0.581. The number of imide groups is 1. The molecule has 6 nitrogen and oxygen atoms in total. The maximum atomic E-state index is 13.7. The SMILES string of the molecule is CCOc1cccc(N2C(=O)C(c3ccc(Cl)cc3)=C(N(C)C3CCN(C)CC3)C2=O)c1. The van der Waals surface area contributed by atoms with Gasteiger partial charge < -0.3 is 14.5 Å². The van der Waals surface area contributed by atoms with Crippen molar-refractivity contribution in [1.82, 2.24) is 9.80 Å². The molecule has 0 spiro atoms. The third kappa shape index (κ3) is 4.25. The van der Waals surface area contributed by atoms with Crippen LogP contribution in [0.3, 0.4) is 0 Å². The number of nitrogens with zero attached hydrogens (tertiary/aromatic N) is 3. The Bertz CT molecular complexity index is 1040. The van der Waals surface area contributed by atoms with E-state index < -0.39 is 0 Å². The van der Waals surface area contributed by atoms with Crippen LogP contribution in [0.25, 0.3) is 5.57 Å². The van der Waals surface area contributed by atoms with E-state index in [-0.39, 0.29) is 17.9 Å². The highest BCUT2D eigenvalue weighted by Gasteiger charge is 2.43. The first-order chi connectivity index (χ1) is 15.4. The molecule has 2 aromatic rings. The predicted octanol–water partition coefficient (Wildman–Crippen LogP) is 4.05. The summed E-state index contributed by atoms with van der Waals surface area (Å²) in [5.74, 6) is -0.0217. The fourth-order valence-electron chi connectivity index (χ4n) is 4.40. The number of hydrogen-bond acceptors (Lipinski definition) is 5. The third-order valence-corrected chi connectivity index (χ3v) is 6.42. The Hall–Kier alpha value is -2.83. The summed E-state index contributed by atoms with van der Waals surface area (Å²) < 4.78 is 5.59. The van der Waals surface area contributed by atoms with E-state index in [9.17, 15) is 9.59 Å². The lowest BCUT2D eigenvalue weighted by atomic mass is 10.0. The number of rotatable bonds is 6. The molecule has 0 radical (unpaired) electrons. The normalized spacial score (nSPS) is 17.9. The molecule has 32 heavy (non-hydrogen) atoms. The van der Waals surface area contributed by atoms with Crippen LogP contribution in [0.1, 0.15) is 25.3 Å². The number of carbonyl (C=O) groups is 2. The van der Waals surface area contributed by atoms with E-state index in [1.165, 1.54) is 4.90 Å². The number of likely N-dealkylation sites (N-methyl/N-ethyl adjacent to an activating group) is 1. The van der Waals surface area contributed by atoms with Crippen LogP contribution in [0.15, 0.2) is 54.2 Å². The van der Waals surface area contributed by atoms with E-state index in [0.29, 0.717) is 39.9 Å². The average Bonchev–Trinajstić information content (AvgIpc) is 3.05. The Balaban J connectivity index is 1.76. The quantitative estimate of drug-likeness (QED) is 0.617. The lowest BCUT2D eigenvalue weighted by Gasteiger charge is -2.36. The first-order valence-electron chi connectivity index (χ1n) is 10.9. The van der Waals surface area contributed by atoms with Crippen LogP contribution in [-0.4, -0.2) is 61.4 Å². The number of halogens is 1. The maximum Gasteiger partial charge on any atom is 0.282 e. The van der Waals surface area contributed by atoms with Gasteiger partial charge in [0.1, 0.15) is 11.4 Å². The zero-order chi connectivity index (χ0) is 22.8. The minimum atomic E-state index is -0.333. The Morgan fingerprint density at radius 1 is 1.06 bits per heavy atom. The van der Waals surface area contributed by atoms with Crippen LogP contribution in [0.4, 0.5) is 5.69 Å². The van der Waals surface area contributed by atoms with Gasteiger partial charge in [-0.3, -0.25) is 9.59 Å². The summed E-state index contributed by atoms with van der Waals surface area (Å²) in [7, 11) is 4.03. The number of amides is 2. The molecule has 0 aliphatic carbocycles. The summed E-state index contributed by atoms with van der Waals surface area (Å²) in [6, 6.07) is 14.4. The van der Waals surface area contributed by atoms with E-state index in [4.69, 9.17) is 16.3 Å². The molecule has 0 saturated carbocycles. The number of hydrogen-bond donors (Lipinski definition) is 0. The Morgan fingerprint density at radius 3 is 2.41 bits per heavy atom. The topological polar surface area (TPSA) is 53.1 Å². The van der Waals surface area contributed by atoms with Gasteiger partial charge in [-0.2, -0.15) is 0 Å². The molecule has 2 amide bonds. The number of benzene rings is 2. The van der Waals surface area contributed by atoms with Crippen LogP contribution in [0.5, 0.6) is 5.75 Å². The zero-order valence-electron chi connectivity index (χ0n) is 18.7. The molecule has 0 N–H and O–H groups in total. The van der Waals surface area contributed by atoms with Gasteiger partial charge in [0.05, 0.1) is 17.9 Å². The highest BCUT2D eigenvalue weighted by molar-refractivity contribution is 6.45. The minimum Gasteiger partial charge on any atom is -0.494 e. The number of ether oxygens (including phenoxy) is 1. The molecule has 4 rings (SSSR count). The van der Waals surface area contributed by atoms with E-state index in [2.05, 4.69) is 11.9 Å². The molecule has 0 unspecified atom stereocenters. The van der Waals surface area contributed by atoms with Crippen molar-refractivity contribution in [3.8, 4) is 5.75 Å². The molecule has 2 aromatic carbocycles. The van der Waals surface area contributed by atoms with Crippen molar-refractivity contribution in [2.24, 2.45) is 0 Å². The lowest BCUT2D eigenvalue weighted by molar-refractivity contribution is -0.120. The van der Waals surface area contributed by atoms with Crippen molar-refractivity contribution in [2.75, 3.05) is 38.7 Å². The van der Waals surface area contributed by atoms with Crippen molar-refractivity contribution in [3.05, 3.63) is 64.8 Å². The summed E-state index contributed by atoms with van der Waals surface area (Å²) in [5.41, 5.74) is 2.04. The largest absolute Gasteiger partial charge is 0.494 e. The monoisotopic (exact) mass is 453 g/mol. The van der Waals surface area contributed by atoms with Gasteiger partial charge in [0.15, 0.2) is 0 Å². The molecule has 2 aliphatic heterocycles. The van der Waals surface area contributed by atoms with Crippen molar-refractivity contribution in [1.29, 1.82) is 0 Å². The van der Waals surface area contributed by atoms with Gasteiger partial charge in [-0.15, -0.1) is 0 Å². The summed E-state index contributed by atoms with van der Waals surface area (Å²) in [4.78, 5) is 32.9. The summed E-state index contributed by atoms with van der Waals surface area (Å²) in [6.45, 7) is 4.32. The Morgan fingerprint density at radius 2 is 1.75 bits per heavy atom.